The zero-order chi connectivity index (χ0) is 29.4. The minimum atomic E-state index is -0.684. The zero-order valence-electron chi connectivity index (χ0n) is 23.0. The van der Waals surface area contributed by atoms with Crippen LogP contribution in [-0.4, -0.2) is 61.1 Å². The molecule has 2 N–H and O–H groups in total. The summed E-state index contributed by atoms with van der Waals surface area (Å²) in [5, 5.41) is 6.66. The van der Waals surface area contributed by atoms with Crippen molar-refractivity contribution in [3.8, 4) is 11.1 Å². The molecular formula is C29H31ClFN5O5. The van der Waals surface area contributed by atoms with Crippen molar-refractivity contribution >= 4 is 45.9 Å². The fourth-order valence-corrected chi connectivity index (χ4v) is 4.39. The van der Waals surface area contributed by atoms with Crippen molar-refractivity contribution in [3.63, 3.8) is 0 Å². The van der Waals surface area contributed by atoms with Crippen LogP contribution in [-0.2, 0) is 20.8 Å². The number of rotatable bonds is 13. The lowest BCUT2D eigenvalue weighted by molar-refractivity contribution is 0.0524. The van der Waals surface area contributed by atoms with E-state index in [4.69, 9.17) is 25.8 Å². The lowest BCUT2D eigenvalue weighted by Gasteiger charge is -2.16. The number of hydrogen-bond acceptors (Lipinski definition) is 9. The molecule has 2 aromatic heterocycles. The van der Waals surface area contributed by atoms with Crippen LogP contribution in [0.5, 0.6) is 0 Å². The summed E-state index contributed by atoms with van der Waals surface area (Å²) >= 11 is 5.92. The van der Waals surface area contributed by atoms with E-state index in [1.807, 2.05) is 12.1 Å². The molecule has 0 atom stereocenters. The van der Waals surface area contributed by atoms with Gasteiger partial charge in [-0.05, 0) is 49.2 Å². The smallest absolute Gasteiger partial charge is 0.343 e. The Bertz CT molecular complexity index is 1600. The van der Waals surface area contributed by atoms with E-state index >= 15 is 0 Å². The third-order valence-corrected chi connectivity index (χ3v) is 6.49. The normalized spacial score (nSPS) is 11.0. The number of methoxy groups -OCH3 is 2. The van der Waals surface area contributed by atoms with E-state index in [-0.39, 0.29) is 23.1 Å². The van der Waals surface area contributed by atoms with Gasteiger partial charge >= 0.3 is 5.97 Å². The van der Waals surface area contributed by atoms with Crippen LogP contribution < -0.4 is 16.1 Å². The van der Waals surface area contributed by atoms with Gasteiger partial charge < -0.3 is 29.4 Å². The second kappa shape index (κ2) is 14.0. The van der Waals surface area contributed by atoms with E-state index in [1.165, 1.54) is 24.4 Å². The Morgan fingerprint density at radius 2 is 1.93 bits per heavy atom. The number of nitrogens with zero attached hydrogens (tertiary/aromatic N) is 3. The summed E-state index contributed by atoms with van der Waals surface area (Å²) in [6.45, 7) is 3.77. The number of pyridine rings is 1. The van der Waals surface area contributed by atoms with Crippen LogP contribution in [0.4, 0.5) is 21.8 Å². The van der Waals surface area contributed by atoms with E-state index in [0.29, 0.717) is 59.8 Å². The fraction of sp³-hybridized carbons (Fsp3) is 0.310. The second-order valence-corrected chi connectivity index (χ2v) is 9.40. The van der Waals surface area contributed by atoms with Crippen LogP contribution in [0.3, 0.4) is 0 Å². The monoisotopic (exact) mass is 583 g/mol. The molecule has 0 aliphatic heterocycles. The molecule has 216 valence electrons. The Morgan fingerprint density at radius 1 is 1.12 bits per heavy atom. The maximum absolute atomic E-state index is 13.6. The molecule has 0 bridgehead atoms. The van der Waals surface area contributed by atoms with Crippen LogP contribution in [0.15, 0.2) is 53.6 Å². The second-order valence-electron chi connectivity index (χ2n) is 8.99. The molecule has 0 fully saturated rings. The van der Waals surface area contributed by atoms with Crippen LogP contribution in [0.25, 0.3) is 22.0 Å². The molecule has 0 amide bonds. The predicted molar refractivity (Wildman–Crippen MR) is 157 cm³/mol. The number of nitrogens with one attached hydrogen (secondary N) is 2. The number of ether oxygens (including phenoxy) is 3. The Balaban J connectivity index is 1.79. The molecule has 4 rings (SSSR count). The molecular weight excluding hydrogens is 553 g/mol. The molecule has 2 heterocycles. The van der Waals surface area contributed by atoms with Crippen molar-refractivity contribution in [3.05, 3.63) is 75.4 Å². The number of benzene rings is 2. The summed E-state index contributed by atoms with van der Waals surface area (Å²) in [6, 6.07) is 9.62. The van der Waals surface area contributed by atoms with E-state index < -0.39 is 17.2 Å². The van der Waals surface area contributed by atoms with Gasteiger partial charge in [-0.25, -0.2) is 14.2 Å². The van der Waals surface area contributed by atoms with Crippen molar-refractivity contribution in [2.45, 2.75) is 19.9 Å². The summed E-state index contributed by atoms with van der Waals surface area (Å²) in [7, 11) is 3.21. The van der Waals surface area contributed by atoms with Gasteiger partial charge in [-0.15, -0.1) is 0 Å². The molecule has 12 heteroatoms. The number of aromatic nitrogens is 3. The summed E-state index contributed by atoms with van der Waals surface area (Å²) < 4.78 is 30.9. The van der Waals surface area contributed by atoms with Gasteiger partial charge in [0.2, 0.25) is 11.4 Å². The highest BCUT2D eigenvalue weighted by molar-refractivity contribution is 6.31. The lowest BCUT2D eigenvalue weighted by atomic mass is 10.0. The van der Waals surface area contributed by atoms with Crippen LogP contribution in [0.1, 0.15) is 23.7 Å². The van der Waals surface area contributed by atoms with E-state index in [1.54, 1.807) is 38.0 Å². The van der Waals surface area contributed by atoms with Crippen LogP contribution >= 0.6 is 11.6 Å². The van der Waals surface area contributed by atoms with Gasteiger partial charge in [-0.2, -0.15) is 4.98 Å². The molecule has 0 radical (unpaired) electrons. The molecule has 0 saturated carbocycles. The fourth-order valence-electron chi connectivity index (χ4n) is 4.21. The number of carbonyl (C=O) groups is 1. The topological polar surface area (TPSA) is 117 Å². The number of halogens is 2. The summed E-state index contributed by atoms with van der Waals surface area (Å²) in [4.78, 5) is 35.1. The van der Waals surface area contributed by atoms with Crippen molar-refractivity contribution < 1.29 is 23.4 Å². The SMILES string of the molecule is CCOC(=O)c1cn(CCOC)c2ccc(-c3cnc(Nc4ccc(F)c(Cl)c4)nc3NCCCOC)cc2c1=O. The summed E-state index contributed by atoms with van der Waals surface area (Å²) in [5.74, 6) is -0.445. The maximum atomic E-state index is 13.6. The third kappa shape index (κ3) is 7.18. The van der Waals surface area contributed by atoms with Crippen molar-refractivity contribution in [2.24, 2.45) is 0 Å². The Labute approximate surface area is 241 Å². The molecule has 0 aliphatic rings. The molecule has 4 aromatic rings. The highest BCUT2D eigenvalue weighted by Crippen LogP contribution is 2.30. The van der Waals surface area contributed by atoms with E-state index in [0.717, 1.165) is 6.42 Å². The lowest BCUT2D eigenvalue weighted by Crippen LogP contribution is -2.21. The standard InChI is InChI=1S/C29H31ClFN5O5/c1-4-41-28(38)22-17-36(11-13-40-3)25-9-6-18(14-20(25)26(22)37)21-16-33-29(35-27(21)32-10-5-12-39-2)34-19-7-8-24(31)23(30)15-19/h6-9,14-17H,4-5,10-13H2,1-3H3,(H2,32,33,34,35). The summed E-state index contributed by atoms with van der Waals surface area (Å²) in [5.41, 5.74) is 1.97. The first-order chi connectivity index (χ1) is 19.9. The van der Waals surface area contributed by atoms with Crippen molar-refractivity contribution in [1.29, 1.82) is 0 Å². The maximum Gasteiger partial charge on any atom is 0.343 e. The van der Waals surface area contributed by atoms with Gasteiger partial charge in [0, 0.05) is 62.9 Å². The minimum absolute atomic E-state index is 0.0287. The Morgan fingerprint density at radius 3 is 2.66 bits per heavy atom. The zero-order valence-corrected chi connectivity index (χ0v) is 23.8. The molecule has 0 spiro atoms. The van der Waals surface area contributed by atoms with Crippen molar-refractivity contribution in [2.75, 3.05) is 51.2 Å². The highest BCUT2D eigenvalue weighted by atomic mass is 35.5. The first-order valence-electron chi connectivity index (χ1n) is 13.0. The third-order valence-electron chi connectivity index (χ3n) is 6.21. The molecule has 0 aliphatic carbocycles. The molecule has 0 unspecified atom stereocenters. The Hall–Kier alpha value is -4.06. The van der Waals surface area contributed by atoms with Crippen LogP contribution in [0.2, 0.25) is 5.02 Å². The van der Waals surface area contributed by atoms with Gasteiger partial charge in [0.1, 0.15) is 17.2 Å². The number of carbonyl (C=O) groups excluding carboxylic acids is 1. The summed E-state index contributed by atoms with van der Waals surface area (Å²) in [6.07, 6.45) is 3.86. The average molecular weight is 584 g/mol. The average Bonchev–Trinajstić information content (AvgIpc) is 2.97. The van der Waals surface area contributed by atoms with Gasteiger partial charge in [0.05, 0.1) is 23.8 Å². The van der Waals surface area contributed by atoms with Crippen molar-refractivity contribution in [1.82, 2.24) is 14.5 Å². The number of esters is 1. The molecule has 41 heavy (non-hydrogen) atoms. The van der Waals surface area contributed by atoms with Gasteiger partial charge in [0.25, 0.3) is 0 Å². The predicted octanol–water partition coefficient (Wildman–Crippen LogP) is 5.27. The minimum Gasteiger partial charge on any atom is -0.462 e. The van der Waals surface area contributed by atoms with Crippen LogP contribution in [0, 0.1) is 5.82 Å². The van der Waals surface area contributed by atoms with E-state index in [9.17, 15) is 14.0 Å². The number of hydrogen-bond donors (Lipinski definition) is 2. The molecule has 10 nitrogen and oxygen atoms in total. The quantitative estimate of drug-likeness (QED) is 0.160. The first kappa shape index (κ1) is 29.9. The largest absolute Gasteiger partial charge is 0.462 e. The number of anilines is 3. The van der Waals surface area contributed by atoms with Gasteiger partial charge in [0.15, 0.2) is 0 Å². The molecule has 0 saturated heterocycles. The molecule has 2 aromatic carbocycles. The highest BCUT2D eigenvalue weighted by Gasteiger charge is 2.18. The number of fused-ring (bicyclic) bond motifs is 1. The van der Waals surface area contributed by atoms with E-state index in [2.05, 4.69) is 20.6 Å². The van der Waals surface area contributed by atoms with Gasteiger partial charge in [-0.3, -0.25) is 4.79 Å². The van der Waals surface area contributed by atoms with Gasteiger partial charge in [-0.1, -0.05) is 17.7 Å². The Kier molecular flexibility index (Phi) is 10.2. The first-order valence-corrected chi connectivity index (χ1v) is 13.4.